The number of benzene rings is 2. The van der Waals surface area contributed by atoms with Crippen LogP contribution in [0, 0.1) is 5.82 Å². The van der Waals surface area contributed by atoms with Crippen LogP contribution in [0.4, 0.5) is 15.9 Å². The lowest BCUT2D eigenvalue weighted by molar-refractivity contribution is -0.136. The molecule has 0 amide bonds. The zero-order valence-corrected chi connectivity index (χ0v) is 17.9. The summed E-state index contributed by atoms with van der Waals surface area (Å²) in [6, 6.07) is 8.51. The highest BCUT2D eigenvalue weighted by atomic mass is 32.2. The van der Waals surface area contributed by atoms with E-state index >= 15 is 0 Å². The van der Waals surface area contributed by atoms with E-state index in [4.69, 9.17) is 9.52 Å². The number of aliphatic carboxylic acids is 1. The zero-order chi connectivity index (χ0) is 23.8. The molecule has 0 radical (unpaired) electrons. The molecule has 10 nitrogen and oxygen atoms in total. The highest BCUT2D eigenvalue weighted by molar-refractivity contribution is 7.91. The SMILES string of the molecule is CCS(=O)(=O)c1cnc(-c2ccc3oc(=O)[nH]c3c2)nc1Nc1ccc(CC(=O)O)c(F)c1. The van der Waals surface area contributed by atoms with Gasteiger partial charge < -0.3 is 14.8 Å². The van der Waals surface area contributed by atoms with E-state index < -0.39 is 33.8 Å². The summed E-state index contributed by atoms with van der Waals surface area (Å²) in [6.45, 7) is 1.47. The van der Waals surface area contributed by atoms with Crippen LogP contribution < -0.4 is 11.1 Å². The van der Waals surface area contributed by atoms with Gasteiger partial charge in [-0.05, 0) is 35.9 Å². The van der Waals surface area contributed by atoms with Crippen LogP contribution in [0.25, 0.3) is 22.5 Å². The van der Waals surface area contributed by atoms with E-state index in [2.05, 4.69) is 20.3 Å². The van der Waals surface area contributed by atoms with Crippen LogP contribution in [-0.2, 0) is 21.1 Å². The molecule has 33 heavy (non-hydrogen) atoms. The standard InChI is InChI=1S/C21H17FN4O6S/c1-2-33(30,31)17-10-23-19(12-4-6-16-15(7-12)25-21(29)32-16)26-20(17)24-13-5-3-11(8-18(27)28)14(22)9-13/h3-7,9-10H,2,8H2,1H3,(H,25,29)(H,27,28)(H,23,24,26). The van der Waals surface area contributed by atoms with Crippen LogP contribution in [0.3, 0.4) is 0 Å². The molecule has 0 saturated carbocycles. The predicted octanol–water partition coefficient (Wildman–Crippen LogP) is 2.88. The number of rotatable bonds is 7. The zero-order valence-electron chi connectivity index (χ0n) is 17.1. The lowest BCUT2D eigenvalue weighted by Gasteiger charge is -2.13. The van der Waals surface area contributed by atoms with Crippen molar-refractivity contribution in [3.63, 3.8) is 0 Å². The Labute approximate surface area is 186 Å². The number of anilines is 2. The minimum Gasteiger partial charge on any atom is -0.481 e. The van der Waals surface area contributed by atoms with E-state index in [1.54, 1.807) is 18.2 Å². The Morgan fingerprint density at radius 2 is 2.03 bits per heavy atom. The molecular formula is C21H17FN4O6S. The minimum absolute atomic E-state index is 0.0137. The summed E-state index contributed by atoms with van der Waals surface area (Å²) in [5.41, 5.74) is 1.39. The summed E-state index contributed by atoms with van der Waals surface area (Å²) in [5, 5.41) is 11.7. The van der Waals surface area contributed by atoms with Crippen molar-refractivity contribution in [2.24, 2.45) is 0 Å². The molecule has 0 aliphatic rings. The first-order chi connectivity index (χ1) is 15.7. The molecule has 0 saturated heterocycles. The molecule has 0 fully saturated rings. The molecular weight excluding hydrogens is 455 g/mol. The van der Waals surface area contributed by atoms with Crippen LogP contribution in [0.15, 0.2) is 56.7 Å². The van der Waals surface area contributed by atoms with Crippen molar-refractivity contribution in [3.8, 4) is 11.4 Å². The number of oxazole rings is 1. The molecule has 170 valence electrons. The molecule has 4 aromatic rings. The number of sulfone groups is 1. The molecule has 0 atom stereocenters. The third kappa shape index (κ3) is 4.60. The first kappa shape index (κ1) is 22.1. The van der Waals surface area contributed by atoms with Gasteiger partial charge in [0, 0.05) is 11.3 Å². The first-order valence-corrected chi connectivity index (χ1v) is 11.3. The largest absolute Gasteiger partial charge is 0.481 e. The molecule has 2 heterocycles. The van der Waals surface area contributed by atoms with Crippen molar-refractivity contribution in [1.82, 2.24) is 15.0 Å². The Bertz CT molecular complexity index is 1540. The van der Waals surface area contributed by atoms with Crippen molar-refractivity contribution < 1.29 is 27.1 Å². The second-order valence-electron chi connectivity index (χ2n) is 7.04. The lowest BCUT2D eigenvalue weighted by Crippen LogP contribution is -2.10. The summed E-state index contributed by atoms with van der Waals surface area (Å²) in [4.78, 5) is 33.1. The number of halogens is 1. The number of carboxylic acids is 1. The highest BCUT2D eigenvalue weighted by Gasteiger charge is 2.21. The Kier molecular flexibility index (Phi) is 5.68. The number of hydrogen-bond acceptors (Lipinski definition) is 8. The van der Waals surface area contributed by atoms with Gasteiger partial charge in [-0.3, -0.25) is 9.78 Å². The average molecular weight is 472 g/mol. The van der Waals surface area contributed by atoms with Gasteiger partial charge in [0.2, 0.25) is 0 Å². The number of nitrogens with zero attached hydrogens (tertiary/aromatic N) is 2. The van der Waals surface area contributed by atoms with Crippen LogP contribution >= 0.6 is 0 Å². The van der Waals surface area contributed by atoms with Gasteiger partial charge in [0.05, 0.1) is 23.9 Å². The van der Waals surface area contributed by atoms with Crippen molar-refractivity contribution in [2.75, 3.05) is 11.1 Å². The van der Waals surface area contributed by atoms with Crippen LogP contribution in [-0.4, -0.2) is 40.2 Å². The second kappa shape index (κ2) is 8.47. The van der Waals surface area contributed by atoms with Gasteiger partial charge in [-0.2, -0.15) is 0 Å². The molecule has 0 bridgehead atoms. The van der Waals surface area contributed by atoms with Gasteiger partial charge >= 0.3 is 11.7 Å². The third-order valence-electron chi connectivity index (χ3n) is 4.80. The Hall–Kier alpha value is -4.06. The third-order valence-corrected chi connectivity index (χ3v) is 6.53. The number of hydrogen-bond donors (Lipinski definition) is 3. The van der Waals surface area contributed by atoms with E-state index in [1.165, 1.54) is 19.1 Å². The predicted molar refractivity (Wildman–Crippen MR) is 117 cm³/mol. The van der Waals surface area contributed by atoms with E-state index in [9.17, 15) is 22.4 Å². The molecule has 3 N–H and O–H groups in total. The average Bonchev–Trinajstić information content (AvgIpc) is 3.14. The van der Waals surface area contributed by atoms with E-state index in [-0.39, 0.29) is 33.5 Å². The fourth-order valence-corrected chi connectivity index (χ4v) is 4.06. The quantitative estimate of drug-likeness (QED) is 0.368. The van der Waals surface area contributed by atoms with Crippen molar-refractivity contribution in [3.05, 3.63) is 64.5 Å². The Morgan fingerprint density at radius 1 is 1.24 bits per heavy atom. The number of carbonyl (C=O) groups is 1. The number of aromatic amines is 1. The van der Waals surface area contributed by atoms with E-state index in [0.717, 1.165) is 12.3 Å². The number of aromatic nitrogens is 3. The number of fused-ring (bicyclic) bond motifs is 1. The molecule has 0 spiro atoms. The number of nitrogens with one attached hydrogen (secondary N) is 2. The van der Waals surface area contributed by atoms with Gasteiger partial charge in [0.1, 0.15) is 10.7 Å². The number of H-pyrrole nitrogens is 1. The van der Waals surface area contributed by atoms with Crippen molar-refractivity contribution >= 4 is 38.4 Å². The highest BCUT2D eigenvalue weighted by Crippen LogP contribution is 2.28. The van der Waals surface area contributed by atoms with Crippen molar-refractivity contribution in [2.45, 2.75) is 18.2 Å². The van der Waals surface area contributed by atoms with E-state index in [0.29, 0.717) is 16.7 Å². The Morgan fingerprint density at radius 3 is 2.73 bits per heavy atom. The first-order valence-electron chi connectivity index (χ1n) is 9.66. The maximum absolute atomic E-state index is 14.3. The minimum atomic E-state index is -3.73. The van der Waals surface area contributed by atoms with Crippen LogP contribution in [0.1, 0.15) is 12.5 Å². The summed E-state index contributed by atoms with van der Waals surface area (Å²) in [6.07, 6.45) is 0.665. The van der Waals surface area contributed by atoms with Gasteiger partial charge in [-0.1, -0.05) is 13.0 Å². The van der Waals surface area contributed by atoms with Crippen LogP contribution in [0.2, 0.25) is 0 Å². The summed E-state index contributed by atoms with van der Waals surface area (Å²) < 4.78 is 44.4. The summed E-state index contributed by atoms with van der Waals surface area (Å²) >= 11 is 0. The topological polar surface area (TPSA) is 155 Å². The summed E-state index contributed by atoms with van der Waals surface area (Å²) in [5.74, 6) is -2.69. The molecule has 2 aromatic carbocycles. The fraction of sp³-hybridized carbons (Fsp3) is 0.143. The molecule has 12 heteroatoms. The van der Waals surface area contributed by atoms with Gasteiger partial charge in [0.15, 0.2) is 27.1 Å². The normalized spacial score (nSPS) is 11.6. The lowest BCUT2D eigenvalue weighted by atomic mass is 10.1. The van der Waals surface area contributed by atoms with Crippen molar-refractivity contribution in [1.29, 1.82) is 0 Å². The molecule has 0 aliphatic carbocycles. The number of carboxylic acid groups (broad SMARTS) is 1. The molecule has 0 unspecified atom stereocenters. The maximum atomic E-state index is 14.3. The summed E-state index contributed by atoms with van der Waals surface area (Å²) in [7, 11) is -3.73. The van der Waals surface area contributed by atoms with Gasteiger partial charge in [-0.15, -0.1) is 0 Å². The van der Waals surface area contributed by atoms with Gasteiger partial charge in [0.25, 0.3) is 0 Å². The second-order valence-corrected chi connectivity index (χ2v) is 9.28. The molecule has 2 aromatic heterocycles. The Balaban J connectivity index is 1.78. The van der Waals surface area contributed by atoms with Gasteiger partial charge in [-0.25, -0.2) is 27.6 Å². The van der Waals surface area contributed by atoms with E-state index in [1.807, 2.05) is 0 Å². The smallest absolute Gasteiger partial charge is 0.417 e. The fourth-order valence-electron chi connectivity index (χ4n) is 3.14. The van der Waals surface area contributed by atoms with Crippen LogP contribution in [0.5, 0.6) is 0 Å². The monoisotopic (exact) mass is 472 g/mol. The maximum Gasteiger partial charge on any atom is 0.417 e. The molecule has 4 rings (SSSR count). The molecule has 0 aliphatic heterocycles.